The minimum absolute atomic E-state index is 0.0503. The average Bonchev–Trinajstić information content (AvgIpc) is 3.21. The Hall–Kier alpha value is -4.00. The highest BCUT2D eigenvalue weighted by Crippen LogP contribution is 2.31. The number of hydrogen-bond donors (Lipinski definition) is 0. The van der Waals surface area contributed by atoms with Crippen LogP contribution in [0.2, 0.25) is 0 Å². The minimum atomic E-state index is -4.41. The van der Waals surface area contributed by atoms with Crippen molar-refractivity contribution < 1.29 is 26.7 Å². The SMILES string of the molecule is Cn1cc2cc(-n3nc4ccc(SCC(F)(F)F)nc4c(-c4ccc(OC(F)F)cc4)c3=O)ccc2n1. The summed E-state index contributed by atoms with van der Waals surface area (Å²) in [7, 11) is 1.76. The standard InChI is InChI=1S/C24H16F5N5O2S/c1-33-11-14-10-15(4-7-17(14)31-33)34-22(35)20(13-2-5-16(6-3-13)36-23(25)26)21-18(32-34)8-9-19(30-21)37-12-24(27,28)29/h2-11,23H,12H2,1H3. The second kappa shape index (κ2) is 9.47. The molecule has 190 valence electrons. The van der Waals surface area contributed by atoms with Gasteiger partial charge in [-0.05, 0) is 48.0 Å². The summed E-state index contributed by atoms with van der Waals surface area (Å²) in [5.41, 5.74) is 1.24. The molecule has 0 fully saturated rings. The maximum atomic E-state index is 13.7. The average molecular weight is 533 g/mol. The van der Waals surface area contributed by atoms with Gasteiger partial charge in [0, 0.05) is 18.6 Å². The summed E-state index contributed by atoms with van der Waals surface area (Å²) in [5, 5.41) is 9.54. The lowest BCUT2D eigenvalue weighted by molar-refractivity contribution is -0.105. The number of alkyl halides is 5. The van der Waals surface area contributed by atoms with Crippen LogP contribution in [0.15, 0.2) is 70.6 Å². The lowest BCUT2D eigenvalue weighted by atomic mass is 10.1. The van der Waals surface area contributed by atoms with Crippen LogP contribution in [-0.4, -0.2) is 43.1 Å². The zero-order valence-corrected chi connectivity index (χ0v) is 19.7. The molecule has 5 aromatic rings. The highest BCUT2D eigenvalue weighted by Gasteiger charge is 2.28. The van der Waals surface area contributed by atoms with Crippen LogP contribution in [0.25, 0.3) is 38.8 Å². The van der Waals surface area contributed by atoms with Crippen LogP contribution < -0.4 is 10.3 Å². The Bertz CT molecular complexity index is 1670. The van der Waals surface area contributed by atoms with Crippen LogP contribution in [0.1, 0.15) is 0 Å². The summed E-state index contributed by atoms with van der Waals surface area (Å²) < 4.78 is 70.6. The lowest BCUT2D eigenvalue weighted by Gasteiger charge is -2.13. The molecule has 13 heteroatoms. The molecule has 0 bridgehead atoms. The third-order valence-corrected chi connectivity index (χ3v) is 6.29. The molecule has 3 heterocycles. The molecular formula is C24H16F5N5O2S. The fourth-order valence-corrected chi connectivity index (χ4v) is 4.43. The summed E-state index contributed by atoms with van der Waals surface area (Å²) in [5.74, 6) is -1.27. The summed E-state index contributed by atoms with van der Waals surface area (Å²) in [6, 6.07) is 13.3. The molecule has 0 aliphatic heterocycles. The third kappa shape index (κ3) is 5.26. The first kappa shape index (κ1) is 24.7. The van der Waals surface area contributed by atoms with Gasteiger partial charge in [0.2, 0.25) is 0 Å². The predicted octanol–water partition coefficient (Wildman–Crippen LogP) is 5.59. The van der Waals surface area contributed by atoms with E-state index in [0.717, 1.165) is 10.1 Å². The van der Waals surface area contributed by atoms with Gasteiger partial charge in [-0.3, -0.25) is 9.48 Å². The van der Waals surface area contributed by atoms with E-state index in [9.17, 15) is 26.7 Å². The van der Waals surface area contributed by atoms with Gasteiger partial charge >= 0.3 is 12.8 Å². The van der Waals surface area contributed by atoms with Gasteiger partial charge in [-0.1, -0.05) is 23.9 Å². The van der Waals surface area contributed by atoms with E-state index in [1.165, 1.54) is 36.4 Å². The van der Waals surface area contributed by atoms with Crippen molar-refractivity contribution in [2.45, 2.75) is 17.8 Å². The largest absolute Gasteiger partial charge is 0.435 e. The molecule has 5 rings (SSSR count). The van der Waals surface area contributed by atoms with Crippen molar-refractivity contribution in [2.24, 2.45) is 7.05 Å². The second-order valence-electron chi connectivity index (χ2n) is 7.96. The van der Waals surface area contributed by atoms with E-state index >= 15 is 0 Å². The van der Waals surface area contributed by atoms with Gasteiger partial charge in [-0.25, -0.2) is 4.98 Å². The Morgan fingerprint density at radius 2 is 1.73 bits per heavy atom. The Kier molecular flexibility index (Phi) is 6.31. The zero-order valence-electron chi connectivity index (χ0n) is 18.9. The predicted molar refractivity (Wildman–Crippen MR) is 128 cm³/mol. The molecule has 37 heavy (non-hydrogen) atoms. The molecule has 0 aliphatic rings. The molecule has 0 aliphatic carbocycles. The zero-order chi connectivity index (χ0) is 26.3. The van der Waals surface area contributed by atoms with Crippen LogP contribution >= 0.6 is 11.8 Å². The Balaban J connectivity index is 1.69. The molecule has 2 aromatic carbocycles. The quantitative estimate of drug-likeness (QED) is 0.209. The van der Waals surface area contributed by atoms with Crippen molar-refractivity contribution in [2.75, 3.05) is 5.75 Å². The maximum Gasteiger partial charge on any atom is 0.398 e. The van der Waals surface area contributed by atoms with Crippen molar-refractivity contribution in [1.82, 2.24) is 24.5 Å². The molecule has 0 saturated carbocycles. The van der Waals surface area contributed by atoms with E-state index in [1.54, 1.807) is 36.1 Å². The van der Waals surface area contributed by atoms with E-state index in [1.807, 2.05) is 0 Å². The van der Waals surface area contributed by atoms with E-state index in [0.29, 0.717) is 28.5 Å². The normalized spacial score (nSPS) is 12.1. The van der Waals surface area contributed by atoms with Gasteiger partial charge in [0.05, 0.1) is 27.5 Å². The second-order valence-corrected chi connectivity index (χ2v) is 8.96. The first-order chi connectivity index (χ1) is 17.6. The number of pyridine rings is 1. The molecule has 0 saturated heterocycles. The van der Waals surface area contributed by atoms with E-state index in [2.05, 4.69) is 19.9 Å². The summed E-state index contributed by atoms with van der Waals surface area (Å²) in [6.45, 7) is -3.03. The summed E-state index contributed by atoms with van der Waals surface area (Å²) in [6.07, 6.45) is -2.63. The Morgan fingerprint density at radius 3 is 2.43 bits per heavy atom. The van der Waals surface area contributed by atoms with Gasteiger partial charge in [-0.2, -0.15) is 36.8 Å². The molecule has 0 atom stereocenters. The van der Waals surface area contributed by atoms with Crippen molar-refractivity contribution in [1.29, 1.82) is 0 Å². The number of thioether (sulfide) groups is 1. The van der Waals surface area contributed by atoms with Gasteiger partial charge < -0.3 is 4.74 Å². The number of nitrogens with zero attached hydrogens (tertiary/aromatic N) is 5. The van der Waals surface area contributed by atoms with Crippen LogP contribution in [-0.2, 0) is 7.05 Å². The number of halogens is 5. The van der Waals surface area contributed by atoms with Crippen molar-refractivity contribution in [3.63, 3.8) is 0 Å². The number of benzene rings is 2. The molecule has 0 radical (unpaired) electrons. The lowest BCUT2D eigenvalue weighted by Crippen LogP contribution is -2.23. The van der Waals surface area contributed by atoms with Crippen LogP contribution in [0, 0.1) is 0 Å². The molecule has 0 amide bonds. The first-order valence-corrected chi connectivity index (χ1v) is 11.7. The van der Waals surface area contributed by atoms with Gasteiger partial charge in [0.15, 0.2) is 0 Å². The van der Waals surface area contributed by atoms with Crippen molar-refractivity contribution >= 4 is 33.7 Å². The molecular weight excluding hydrogens is 517 g/mol. The Labute approximate surface area is 209 Å². The third-order valence-electron chi connectivity index (χ3n) is 5.30. The molecule has 7 nitrogen and oxygen atoms in total. The van der Waals surface area contributed by atoms with Gasteiger partial charge in [0.25, 0.3) is 5.56 Å². The fourth-order valence-electron chi connectivity index (χ4n) is 3.80. The topological polar surface area (TPSA) is 74.8 Å². The van der Waals surface area contributed by atoms with E-state index in [-0.39, 0.29) is 27.4 Å². The monoisotopic (exact) mass is 533 g/mol. The number of ether oxygens (including phenoxy) is 1. The van der Waals surface area contributed by atoms with Crippen molar-refractivity contribution in [3.8, 4) is 22.6 Å². The van der Waals surface area contributed by atoms with E-state index in [4.69, 9.17) is 0 Å². The summed E-state index contributed by atoms with van der Waals surface area (Å²) in [4.78, 5) is 18.0. The van der Waals surface area contributed by atoms with Gasteiger partial charge in [0.1, 0.15) is 16.8 Å². The highest BCUT2D eigenvalue weighted by molar-refractivity contribution is 7.99. The number of hydrogen-bond acceptors (Lipinski definition) is 6. The summed E-state index contributed by atoms with van der Waals surface area (Å²) >= 11 is 0.480. The van der Waals surface area contributed by atoms with Crippen LogP contribution in [0.4, 0.5) is 22.0 Å². The van der Waals surface area contributed by atoms with Crippen molar-refractivity contribution in [3.05, 3.63) is 71.1 Å². The number of aromatic nitrogens is 5. The highest BCUT2D eigenvalue weighted by atomic mass is 32.2. The molecule has 0 unspecified atom stereocenters. The van der Waals surface area contributed by atoms with E-state index < -0.39 is 24.1 Å². The smallest absolute Gasteiger partial charge is 0.398 e. The number of fused-ring (bicyclic) bond motifs is 2. The first-order valence-electron chi connectivity index (χ1n) is 10.7. The number of rotatable bonds is 6. The number of aryl methyl sites for hydroxylation is 1. The van der Waals surface area contributed by atoms with Crippen LogP contribution in [0.3, 0.4) is 0 Å². The van der Waals surface area contributed by atoms with Crippen LogP contribution in [0.5, 0.6) is 5.75 Å². The molecule has 3 aromatic heterocycles. The maximum absolute atomic E-state index is 13.7. The molecule has 0 spiro atoms. The van der Waals surface area contributed by atoms with Gasteiger partial charge in [-0.15, -0.1) is 0 Å². The Morgan fingerprint density at radius 1 is 1.00 bits per heavy atom. The fraction of sp³-hybridized carbons (Fsp3) is 0.167. The minimum Gasteiger partial charge on any atom is -0.435 e. The molecule has 0 N–H and O–H groups in total.